The third-order valence-electron chi connectivity index (χ3n) is 2.47. The number of aryl methyl sites for hydroxylation is 1. The molecule has 0 radical (unpaired) electrons. The molecule has 1 aromatic rings. The Balaban J connectivity index is 2.20. The minimum absolute atomic E-state index is 0.289. The minimum Gasteiger partial charge on any atom is -0.290 e. The Labute approximate surface area is 109 Å². The number of ketones is 1. The second-order valence-electron chi connectivity index (χ2n) is 3.99. The first-order chi connectivity index (χ1) is 8.41. The van der Waals surface area contributed by atoms with Crippen LogP contribution >= 0.6 is 11.8 Å². The summed E-state index contributed by atoms with van der Waals surface area (Å²) in [7, 11) is 0. The second-order valence-corrected chi connectivity index (χ2v) is 5.13. The Kier molecular flexibility index (Phi) is 5.72. The van der Waals surface area contributed by atoms with Gasteiger partial charge in [-0.2, -0.15) is 13.2 Å². The molecule has 0 saturated heterocycles. The number of carbonyl (C=O) groups excluding carboxylic acids is 1. The van der Waals surface area contributed by atoms with Crippen molar-refractivity contribution in [2.45, 2.75) is 37.3 Å². The Morgan fingerprint density at radius 2 is 1.89 bits per heavy atom. The molecule has 0 aliphatic heterocycles. The molecule has 0 aliphatic carbocycles. The fraction of sp³-hybridized carbons (Fsp3) is 0.462. The monoisotopic (exact) mass is 276 g/mol. The van der Waals surface area contributed by atoms with Crippen molar-refractivity contribution in [1.29, 1.82) is 0 Å². The number of alkyl halides is 3. The highest BCUT2D eigenvalue weighted by Gasteiger charge is 2.36. The zero-order valence-electron chi connectivity index (χ0n) is 10.1. The van der Waals surface area contributed by atoms with E-state index in [1.54, 1.807) is 11.8 Å². The van der Waals surface area contributed by atoms with Gasteiger partial charge in [0.15, 0.2) is 0 Å². The molecule has 0 fully saturated rings. The maximum Gasteiger partial charge on any atom is 0.449 e. The van der Waals surface area contributed by atoms with Gasteiger partial charge in [-0.1, -0.05) is 18.2 Å². The number of thioether (sulfide) groups is 1. The van der Waals surface area contributed by atoms with Crippen LogP contribution < -0.4 is 0 Å². The molecule has 0 bridgehead atoms. The summed E-state index contributed by atoms with van der Waals surface area (Å²) in [6, 6.07) is 7.86. The molecular formula is C13H15F3OS. The molecule has 0 N–H and O–H groups in total. The van der Waals surface area contributed by atoms with Gasteiger partial charge in [-0.15, -0.1) is 11.8 Å². The molecule has 0 amide bonds. The SMILES string of the molecule is Cc1ccccc1SCCCCC(=O)C(F)(F)F. The van der Waals surface area contributed by atoms with Crippen LogP contribution in [0.1, 0.15) is 24.8 Å². The van der Waals surface area contributed by atoms with Crippen LogP contribution in [0.3, 0.4) is 0 Å². The Bertz CT molecular complexity index is 401. The molecule has 0 spiro atoms. The van der Waals surface area contributed by atoms with Gasteiger partial charge in [0.2, 0.25) is 5.78 Å². The summed E-state index contributed by atoms with van der Waals surface area (Å²) >= 11 is 1.61. The molecule has 5 heteroatoms. The summed E-state index contributed by atoms with van der Waals surface area (Å²) in [6.07, 6.45) is -4.18. The lowest BCUT2D eigenvalue weighted by molar-refractivity contribution is -0.171. The predicted octanol–water partition coefficient (Wildman–Crippen LogP) is 4.39. The van der Waals surface area contributed by atoms with Crippen LogP contribution in [0, 0.1) is 6.92 Å². The molecule has 1 aromatic carbocycles. The van der Waals surface area contributed by atoms with Gasteiger partial charge in [0.25, 0.3) is 0 Å². The van der Waals surface area contributed by atoms with Gasteiger partial charge in [-0.3, -0.25) is 4.79 Å². The van der Waals surface area contributed by atoms with Crippen molar-refractivity contribution in [2.75, 3.05) is 5.75 Å². The van der Waals surface area contributed by atoms with Crippen LogP contribution in [0.4, 0.5) is 13.2 Å². The van der Waals surface area contributed by atoms with E-state index < -0.39 is 18.4 Å². The van der Waals surface area contributed by atoms with Crippen LogP contribution in [0.15, 0.2) is 29.2 Å². The summed E-state index contributed by atoms with van der Waals surface area (Å²) in [5.74, 6) is -0.890. The lowest BCUT2D eigenvalue weighted by atomic mass is 10.2. The Morgan fingerprint density at radius 3 is 2.50 bits per heavy atom. The van der Waals surface area contributed by atoms with Gasteiger partial charge < -0.3 is 0 Å². The van der Waals surface area contributed by atoms with E-state index in [9.17, 15) is 18.0 Å². The molecule has 18 heavy (non-hydrogen) atoms. The van der Waals surface area contributed by atoms with Crippen molar-refractivity contribution < 1.29 is 18.0 Å². The van der Waals surface area contributed by atoms with Crippen molar-refractivity contribution in [2.24, 2.45) is 0 Å². The van der Waals surface area contributed by atoms with E-state index in [-0.39, 0.29) is 6.42 Å². The summed E-state index contributed by atoms with van der Waals surface area (Å²) in [5.41, 5.74) is 1.16. The van der Waals surface area contributed by atoms with E-state index >= 15 is 0 Å². The average molecular weight is 276 g/mol. The molecule has 0 unspecified atom stereocenters. The Hall–Kier alpha value is -0.970. The molecule has 0 heterocycles. The van der Waals surface area contributed by atoms with Crippen molar-refractivity contribution in [3.8, 4) is 0 Å². The minimum atomic E-state index is -4.68. The third kappa shape index (κ3) is 5.12. The highest BCUT2D eigenvalue weighted by molar-refractivity contribution is 7.99. The van der Waals surface area contributed by atoms with Crippen LogP contribution in [0.5, 0.6) is 0 Å². The van der Waals surface area contributed by atoms with E-state index in [1.807, 2.05) is 31.2 Å². The van der Waals surface area contributed by atoms with E-state index in [1.165, 1.54) is 0 Å². The maximum absolute atomic E-state index is 11.9. The van der Waals surface area contributed by atoms with Crippen molar-refractivity contribution in [1.82, 2.24) is 0 Å². The first-order valence-electron chi connectivity index (χ1n) is 5.69. The summed E-state index contributed by atoms with van der Waals surface area (Å²) in [5, 5.41) is 0. The number of hydrogen-bond donors (Lipinski definition) is 0. The van der Waals surface area contributed by atoms with E-state index in [0.29, 0.717) is 6.42 Å². The third-order valence-corrected chi connectivity index (χ3v) is 3.73. The first-order valence-corrected chi connectivity index (χ1v) is 6.68. The zero-order chi connectivity index (χ0) is 13.6. The number of unbranched alkanes of at least 4 members (excludes halogenated alkanes) is 1. The number of halogens is 3. The van der Waals surface area contributed by atoms with Crippen LogP contribution in [0.25, 0.3) is 0 Å². The molecule has 100 valence electrons. The summed E-state index contributed by atoms with van der Waals surface area (Å²) in [4.78, 5) is 11.8. The fourth-order valence-corrected chi connectivity index (χ4v) is 2.47. The van der Waals surface area contributed by atoms with E-state index in [0.717, 1.165) is 16.2 Å². The van der Waals surface area contributed by atoms with Gasteiger partial charge in [0, 0.05) is 11.3 Å². The summed E-state index contributed by atoms with van der Waals surface area (Å²) < 4.78 is 35.8. The summed E-state index contributed by atoms with van der Waals surface area (Å²) in [6.45, 7) is 2.00. The number of rotatable bonds is 6. The first kappa shape index (κ1) is 15.1. The number of benzene rings is 1. The standard InChI is InChI=1S/C13H15F3OS/c1-10-6-2-3-7-11(10)18-9-5-4-8-12(17)13(14,15)16/h2-3,6-7H,4-5,8-9H2,1H3. The Morgan fingerprint density at radius 1 is 1.22 bits per heavy atom. The predicted molar refractivity (Wildman–Crippen MR) is 66.8 cm³/mol. The quantitative estimate of drug-likeness (QED) is 0.566. The smallest absolute Gasteiger partial charge is 0.290 e. The molecule has 0 aliphatic rings. The number of carbonyl (C=O) groups is 1. The number of hydrogen-bond acceptors (Lipinski definition) is 2. The lowest BCUT2D eigenvalue weighted by Gasteiger charge is -2.06. The van der Waals surface area contributed by atoms with Crippen molar-refractivity contribution in [3.63, 3.8) is 0 Å². The normalized spacial score (nSPS) is 11.6. The molecule has 1 nitrogen and oxygen atoms in total. The van der Waals surface area contributed by atoms with Crippen LogP contribution in [0.2, 0.25) is 0 Å². The molecule has 0 saturated carbocycles. The maximum atomic E-state index is 11.9. The van der Waals surface area contributed by atoms with Gasteiger partial charge >= 0.3 is 6.18 Å². The molecule has 1 rings (SSSR count). The molecular weight excluding hydrogens is 261 g/mol. The van der Waals surface area contributed by atoms with E-state index in [2.05, 4.69) is 0 Å². The van der Waals surface area contributed by atoms with Crippen molar-refractivity contribution in [3.05, 3.63) is 29.8 Å². The second kappa shape index (κ2) is 6.83. The largest absolute Gasteiger partial charge is 0.449 e. The average Bonchev–Trinajstić information content (AvgIpc) is 2.29. The zero-order valence-corrected chi connectivity index (χ0v) is 10.9. The van der Waals surface area contributed by atoms with Gasteiger partial charge in [-0.05, 0) is 37.1 Å². The topological polar surface area (TPSA) is 17.1 Å². The van der Waals surface area contributed by atoms with Gasteiger partial charge in [0.1, 0.15) is 0 Å². The van der Waals surface area contributed by atoms with E-state index in [4.69, 9.17) is 0 Å². The highest BCUT2D eigenvalue weighted by Crippen LogP contribution is 2.24. The van der Waals surface area contributed by atoms with Crippen LogP contribution in [-0.2, 0) is 4.79 Å². The van der Waals surface area contributed by atoms with Gasteiger partial charge in [0.05, 0.1) is 0 Å². The lowest BCUT2D eigenvalue weighted by Crippen LogP contribution is -2.22. The van der Waals surface area contributed by atoms with Gasteiger partial charge in [-0.25, -0.2) is 0 Å². The molecule has 0 aromatic heterocycles. The van der Waals surface area contributed by atoms with Crippen LogP contribution in [-0.4, -0.2) is 17.7 Å². The number of Topliss-reactive ketones (excluding diaryl/α,β-unsaturated/α-hetero) is 1. The molecule has 0 atom stereocenters. The van der Waals surface area contributed by atoms with Crippen molar-refractivity contribution >= 4 is 17.5 Å². The fourth-order valence-electron chi connectivity index (χ4n) is 1.43. The highest BCUT2D eigenvalue weighted by atomic mass is 32.2.